The Labute approximate surface area is 171 Å². The van der Waals surface area contributed by atoms with Crippen molar-refractivity contribution in [1.29, 1.82) is 0 Å². The number of carbonyl (C=O) groups is 1. The highest BCUT2D eigenvalue weighted by atomic mass is 32.1. The van der Waals surface area contributed by atoms with E-state index in [9.17, 15) is 4.79 Å². The van der Waals surface area contributed by atoms with Crippen LogP contribution in [0.5, 0.6) is 0 Å². The van der Waals surface area contributed by atoms with Gasteiger partial charge in [0, 0.05) is 38.5 Å². The van der Waals surface area contributed by atoms with Crippen LogP contribution in [0.1, 0.15) is 41.6 Å². The van der Waals surface area contributed by atoms with Crippen molar-refractivity contribution in [2.24, 2.45) is 4.99 Å². The van der Waals surface area contributed by atoms with Gasteiger partial charge in [0.05, 0.1) is 23.8 Å². The minimum absolute atomic E-state index is 0.261. The molecule has 1 aliphatic rings. The molecule has 2 aromatic rings. The molecule has 7 heteroatoms. The molecule has 28 heavy (non-hydrogen) atoms. The standard InChI is InChI=1S/C21H29N5OS/c1-4-22-21(25(3)14-19-15-28-16(2)24-19)23-12-17-7-5-8-18(11-17)13-26-10-6-9-20(26)27/h5,7-8,11,15H,4,6,9-10,12-14H2,1-3H3,(H,22,23). The number of aryl methyl sites for hydroxylation is 1. The Morgan fingerprint density at radius 3 is 2.89 bits per heavy atom. The third-order valence-corrected chi connectivity index (χ3v) is 5.53. The number of amides is 1. The predicted molar refractivity (Wildman–Crippen MR) is 114 cm³/mol. The Bertz CT molecular complexity index is 832. The molecule has 1 N–H and O–H groups in total. The summed E-state index contributed by atoms with van der Waals surface area (Å²) >= 11 is 1.67. The first-order valence-electron chi connectivity index (χ1n) is 9.81. The molecule has 2 heterocycles. The minimum Gasteiger partial charge on any atom is -0.357 e. The summed E-state index contributed by atoms with van der Waals surface area (Å²) in [6.45, 7) is 7.81. The van der Waals surface area contributed by atoms with E-state index >= 15 is 0 Å². The summed E-state index contributed by atoms with van der Waals surface area (Å²) in [5, 5.41) is 6.54. The van der Waals surface area contributed by atoms with Crippen LogP contribution in [0.15, 0.2) is 34.6 Å². The maximum atomic E-state index is 11.9. The van der Waals surface area contributed by atoms with Gasteiger partial charge >= 0.3 is 0 Å². The van der Waals surface area contributed by atoms with Crippen LogP contribution in [0.2, 0.25) is 0 Å². The van der Waals surface area contributed by atoms with Gasteiger partial charge in [0.25, 0.3) is 0 Å². The number of carbonyl (C=O) groups excluding carboxylic acids is 1. The van der Waals surface area contributed by atoms with Gasteiger partial charge < -0.3 is 15.1 Å². The summed E-state index contributed by atoms with van der Waals surface area (Å²) in [4.78, 5) is 25.2. The zero-order valence-corrected chi connectivity index (χ0v) is 17.8. The highest BCUT2D eigenvalue weighted by molar-refractivity contribution is 7.09. The summed E-state index contributed by atoms with van der Waals surface area (Å²) < 4.78 is 0. The van der Waals surface area contributed by atoms with Gasteiger partial charge in [0.2, 0.25) is 5.91 Å². The lowest BCUT2D eigenvalue weighted by molar-refractivity contribution is -0.128. The second kappa shape index (κ2) is 9.68. The largest absolute Gasteiger partial charge is 0.357 e. The predicted octanol–water partition coefficient (Wildman–Crippen LogP) is 3.17. The Hall–Kier alpha value is -2.41. The Kier molecular flexibility index (Phi) is 7.03. The summed E-state index contributed by atoms with van der Waals surface area (Å²) in [5.41, 5.74) is 3.38. The number of rotatable bonds is 7. The van der Waals surface area contributed by atoms with Gasteiger partial charge in [-0.2, -0.15) is 0 Å². The van der Waals surface area contributed by atoms with E-state index in [0.29, 0.717) is 19.5 Å². The van der Waals surface area contributed by atoms with E-state index in [1.807, 2.05) is 18.9 Å². The summed E-state index contributed by atoms with van der Waals surface area (Å²) in [5.74, 6) is 1.13. The normalized spacial score (nSPS) is 14.6. The molecular weight excluding hydrogens is 370 g/mol. The maximum Gasteiger partial charge on any atom is 0.222 e. The first kappa shape index (κ1) is 20.3. The Balaban J connectivity index is 1.65. The van der Waals surface area contributed by atoms with Gasteiger partial charge in [-0.15, -0.1) is 11.3 Å². The molecular formula is C21H29N5OS. The van der Waals surface area contributed by atoms with Gasteiger partial charge in [0.15, 0.2) is 5.96 Å². The van der Waals surface area contributed by atoms with Crippen molar-refractivity contribution in [1.82, 2.24) is 20.1 Å². The molecule has 1 aromatic heterocycles. The summed E-state index contributed by atoms with van der Waals surface area (Å²) in [6, 6.07) is 8.38. The van der Waals surface area contributed by atoms with E-state index in [4.69, 9.17) is 4.99 Å². The average Bonchev–Trinajstić information content (AvgIpc) is 3.27. The summed E-state index contributed by atoms with van der Waals surface area (Å²) in [6.07, 6.45) is 1.65. The van der Waals surface area contributed by atoms with Crippen LogP contribution in [0.4, 0.5) is 0 Å². The van der Waals surface area contributed by atoms with Crippen molar-refractivity contribution in [2.45, 2.75) is 46.3 Å². The molecule has 0 radical (unpaired) electrons. The number of aromatic nitrogens is 1. The highest BCUT2D eigenvalue weighted by Gasteiger charge is 2.19. The molecule has 0 spiro atoms. The molecule has 0 bridgehead atoms. The van der Waals surface area contributed by atoms with Crippen molar-refractivity contribution in [2.75, 3.05) is 20.1 Å². The lowest BCUT2D eigenvalue weighted by atomic mass is 10.1. The number of hydrogen-bond acceptors (Lipinski definition) is 4. The van der Waals surface area contributed by atoms with Crippen molar-refractivity contribution in [3.8, 4) is 0 Å². The number of aliphatic imine (C=N–C) groups is 1. The quantitative estimate of drug-likeness (QED) is 0.574. The van der Waals surface area contributed by atoms with Crippen molar-refractivity contribution in [3.05, 3.63) is 51.5 Å². The second-order valence-electron chi connectivity index (χ2n) is 7.12. The number of nitrogens with zero attached hydrogens (tertiary/aromatic N) is 4. The van der Waals surface area contributed by atoms with E-state index in [-0.39, 0.29) is 5.91 Å². The number of likely N-dealkylation sites (tertiary alicyclic amines) is 1. The zero-order valence-electron chi connectivity index (χ0n) is 16.9. The van der Waals surface area contributed by atoms with Crippen molar-refractivity contribution in [3.63, 3.8) is 0 Å². The number of benzene rings is 1. The Morgan fingerprint density at radius 1 is 1.39 bits per heavy atom. The van der Waals surface area contributed by atoms with Gasteiger partial charge in [0.1, 0.15) is 0 Å². The molecule has 0 atom stereocenters. The lowest BCUT2D eigenvalue weighted by Crippen LogP contribution is -2.38. The van der Waals surface area contributed by atoms with Crippen LogP contribution in [0, 0.1) is 6.92 Å². The molecule has 1 fully saturated rings. The van der Waals surface area contributed by atoms with E-state index in [0.717, 1.165) is 48.3 Å². The van der Waals surface area contributed by atoms with Crippen LogP contribution in [0.25, 0.3) is 0 Å². The fourth-order valence-corrected chi connectivity index (χ4v) is 3.96. The first-order valence-corrected chi connectivity index (χ1v) is 10.7. The third-order valence-electron chi connectivity index (χ3n) is 4.71. The molecule has 0 saturated carbocycles. The van der Waals surface area contributed by atoms with Gasteiger partial charge in [-0.05, 0) is 31.4 Å². The monoisotopic (exact) mass is 399 g/mol. The zero-order chi connectivity index (χ0) is 19.9. The molecule has 1 aliphatic heterocycles. The fraction of sp³-hybridized carbons (Fsp3) is 0.476. The fourth-order valence-electron chi connectivity index (χ4n) is 3.35. The average molecular weight is 400 g/mol. The van der Waals surface area contributed by atoms with E-state index in [1.165, 1.54) is 5.56 Å². The van der Waals surface area contributed by atoms with E-state index in [2.05, 4.69) is 51.8 Å². The van der Waals surface area contributed by atoms with Crippen LogP contribution >= 0.6 is 11.3 Å². The SMILES string of the molecule is CCNC(=NCc1cccc(CN2CCCC2=O)c1)N(C)Cc1csc(C)n1. The molecule has 1 aromatic carbocycles. The summed E-state index contributed by atoms with van der Waals surface area (Å²) in [7, 11) is 2.03. The molecule has 150 valence electrons. The lowest BCUT2D eigenvalue weighted by Gasteiger charge is -2.21. The van der Waals surface area contributed by atoms with Crippen molar-refractivity contribution < 1.29 is 4.79 Å². The molecule has 0 aliphatic carbocycles. The smallest absolute Gasteiger partial charge is 0.222 e. The van der Waals surface area contributed by atoms with Crippen LogP contribution in [-0.4, -0.2) is 46.8 Å². The number of guanidine groups is 1. The minimum atomic E-state index is 0.261. The van der Waals surface area contributed by atoms with Gasteiger partial charge in [-0.25, -0.2) is 9.98 Å². The molecule has 6 nitrogen and oxygen atoms in total. The van der Waals surface area contributed by atoms with Gasteiger partial charge in [-0.1, -0.05) is 24.3 Å². The molecule has 1 amide bonds. The maximum absolute atomic E-state index is 11.9. The van der Waals surface area contributed by atoms with Crippen LogP contribution in [-0.2, 0) is 24.4 Å². The second-order valence-corrected chi connectivity index (χ2v) is 8.19. The molecule has 3 rings (SSSR count). The van der Waals surface area contributed by atoms with Crippen LogP contribution < -0.4 is 5.32 Å². The van der Waals surface area contributed by atoms with E-state index in [1.54, 1.807) is 11.3 Å². The molecule has 0 unspecified atom stereocenters. The topological polar surface area (TPSA) is 60.8 Å². The first-order chi connectivity index (χ1) is 13.5. The van der Waals surface area contributed by atoms with Crippen LogP contribution in [0.3, 0.4) is 0 Å². The number of thiazole rings is 1. The van der Waals surface area contributed by atoms with E-state index < -0.39 is 0 Å². The van der Waals surface area contributed by atoms with Gasteiger partial charge in [-0.3, -0.25) is 4.79 Å². The third kappa shape index (κ3) is 5.55. The number of nitrogens with one attached hydrogen (secondary N) is 1. The Morgan fingerprint density at radius 2 is 2.21 bits per heavy atom. The number of hydrogen-bond donors (Lipinski definition) is 1. The molecule has 1 saturated heterocycles. The highest BCUT2D eigenvalue weighted by Crippen LogP contribution is 2.16. The van der Waals surface area contributed by atoms with Crippen molar-refractivity contribution >= 4 is 23.2 Å².